The van der Waals surface area contributed by atoms with Crippen molar-refractivity contribution in [1.82, 2.24) is 25.5 Å². The van der Waals surface area contributed by atoms with E-state index in [1.165, 1.54) is 4.80 Å². The van der Waals surface area contributed by atoms with E-state index < -0.39 is 0 Å². The van der Waals surface area contributed by atoms with Gasteiger partial charge in [0.2, 0.25) is 0 Å². The summed E-state index contributed by atoms with van der Waals surface area (Å²) in [7, 11) is 1.79. The number of tetrazole rings is 1. The Labute approximate surface area is 64.8 Å². The van der Waals surface area contributed by atoms with Crippen molar-refractivity contribution in [2.75, 3.05) is 13.1 Å². The van der Waals surface area contributed by atoms with E-state index in [2.05, 4.69) is 20.7 Å². The van der Waals surface area contributed by atoms with Crippen LogP contribution < -0.4 is 5.32 Å². The van der Waals surface area contributed by atoms with E-state index in [1.54, 1.807) is 7.05 Å². The molecule has 1 saturated heterocycles. The Kier molecular flexibility index (Phi) is 1.58. The molecule has 1 aromatic heterocycles. The van der Waals surface area contributed by atoms with Crippen LogP contribution in [0.4, 0.5) is 0 Å². The van der Waals surface area contributed by atoms with Crippen molar-refractivity contribution in [2.24, 2.45) is 7.05 Å². The second-order valence-electron chi connectivity index (χ2n) is 2.83. The Hall–Kier alpha value is -0.970. The molecule has 0 aliphatic carbocycles. The first-order valence-corrected chi connectivity index (χ1v) is 3.81. The van der Waals surface area contributed by atoms with Gasteiger partial charge in [0.1, 0.15) is 0 Å². The summed E-state index contributed by atoms with van der Waals surface area (Å²) in [6, 6.07) is 0. The van der Waals surface area contributed by atoms with Crippen molar-refractivity contribution in [1.29, 1.82) is 0 Å². The molecule has 2 rings (SSSR count). The lowest BCUT2D eigenvalue weighted by Gasteiger charge is -1.98. The molecule has 0 unspecified atom stereocenters. The number of hydrogen-bond donors (Lipinski definition) is 1. The van der Waals surface area contributed by atoms with Crippen LogP contribution in [-0.2, 0) is 7.05 Å². The third-order valence-electron chi connectivity index (χ3n) is 1.95. The van der Waals surface area contributed by atoms with Crippen LogP contribution in [0, 0.1) is 0 Å². The van der Waals surface area contributed by atoms with Gasteiger partial charge in [-0.3, -0.25) is 0 Å². The van der Waals surface area contributed by atoms with Gasteiger partial charge in [0.25, 0.3) is 0 Å². The summed E-state index contributed by atoms with van der Waals surface area (Å²) >= 11 is 0. The predicted molar refractivity (Wildman–Crippen MR) is 39.0 cm³/mol. The molecule has 0 spiro atoms. The molecule has 0 amide bonds. The van der Waals surface area contributed by atoms with Crippen molar-refractivity contribution >= 4 is 0 Å². The summed E-state index contributed by atoms with van der Waals surface area (Å²) in [6.07, 6.45) is 1.13. The molecule has 2 heterocycles. The molecule has 1 fully saturated rings. The van der Waals surface area contributed by atoms with Crippen molar-refractivity contribution in [3.8, 4) is 0 Å². The average molecular weight is 153 g/mol. The van der Waals surface area contributed by atoms with Gasteiger partial charge in [-0.2, -0.15) is 4.80 Å². The van der Waals surface area contributed by atoms with Gasteiger partial charge in [-0.05, 0) is 18.2 Å². The number of nitrogens with zero attached hydrogens (tertiary/aromatic N) is 4. The molecular formula is C6H11N5. The van der Waals surface area contributed by atoms with Crippen LogP contribution in [0.25, 0.3) is 0 Å². The second-order valence-corrected chi connectivity index (χ2v) is 2.83. The zero-order chi connectivity index (χ0) is 7.68. The third-order valence-corrected chi connectivity index (χ3v) is 1.95. The Morgan fingerprint density at radius 2 is 2.55 bits per heavy atom. The van der Waals surface area contributed by atoms with Crippen molar-refractivity contribution in [2.45, 2.75) is 12.3 Å². The molecule has 5 heteroatoms. The van der Waals surface area contributed by atoms with Gasteiger partial charge in [0.15, 0.2) is 5.82 Å². The maximum Gasteiger partial charge on any atom is 0.179 e. The minimum Gasteiger partial charge on any atom is -0.316 e. The number of aromatic nitrogens is 4. The van der Waals surface area contributed by atoms with Crippen molar-refractivity contribution < 1.29 is 0 Å². The van der Waals surface area contributed by atoms with Crippen LogP contribution in [0.15, 0.2) is 0 Å². The molecule has 1 N–H and O–H groups in total. The minimum atomic E-state index is 0.476. The fraction of sp³-hybridized carbons (Fsp3) is 0.833. The lowest BCUT2D eigenvalue weighted by Crippen LogP contribution is -2.09. The highest BCUT2D eigenvalue weighted by Gasteiger charge is 2.20. The Balaban J connectivity index is 2.15. The highest BCUT2D eigenvalue weighted by Crippen LogP contribution is 2.16. The summed E-state index contributed by atoms with van der Waals surface area (Å²) in [5, 5.41) is 15.2. The Morgan fingerprint density at radius 3 is 3.09 bits per heavy atom. The molecule has 1 aliphatic heterocycles. The van der Waals surface area contributed by atoms with Gasteiger partial charge in [0.05, 0.1) is 7.05 Å². The normalized spacial score (nSPS) is 24.3. The number of aryl methyl sites for hydroxylation is 1. The number of hydrogen-bond acceptors (Lipinski definition) is 4. The molecule has 0 aromatic carbocycles. The van der Waals surface area contributed by atoms with E-state index in [9.17, 15) is 0 Å². The maximum atomic E-state index is 4.15. The van der Waals surface area contributed by atoms with Gasteiger partial charge in [-0.25, -0.2) is 0 Å². The molecule has 1 aromatic rings. The van der Waals surface area contributed by atoms with E-state index in [1.807, 2.05) is 0 Å². The van der Waals surface area contributed by atoms with Gasteiger partial charge in [-0.1, -0.05) is 0 Å². The molecule has 1 atom stereocenters. The molecule has 60 valence electrons. The van der Waals surface area contributed by atoms with E-state index in [4.69, 9.17) is 0 Å². The maximum absolute atomic E-state index is 4.15. The number of nitrogens with one attached hydrogen (secondary N) is 1. The number of rotatable bonds is 1. The van der Waals surface area contributed by atoms with Crippen LogP contribution in [0.3, 0.4) is 0 Å². The van der Waals surface area contributed by atoms with Crippen LogP contribution in [-0.4, -0.2) is 33.3 Å². The molecule has 11 heavy (non-hydrogen) atoms. The lowest BCUT2D eigenvalue weighted by atomic mass is 10.1. The fourth-order valence-corrected chi connectivity index (χ4v) is 1.34. The topological polar surface area (TPSA) is 55.6 Å². The van der Waals surface area contributed by atoms with Gasteiger partial charge < -0.3 is 5.32 Å². The van der Waals surface area contributed by atoms with Crippen LogP contribution in [0.1, 0.15) is 18.2 Å². The summed E-state index contributed by atoms with van der Waals surface area (Å²) in [4.78, 5) is 1.51. The van der Waals surface area contributed by atoms with Crippen molar-refractivity contribution in [3.05, 3.63) is 5.82 Å². The molecule has 0 saturated carbocycles. The van der Waals surface area contributed by atoms with E-state index in [0.29, 0.717) is 5.92 Å². The van der Waals surface area contributed by atoms with E-state index in [-0.39, 0.29) is 0 Å². The van der Waals surface area contributed by atoms with Crippen LogP contribution >= 0.6 is 0 Å². The molecule has 5 nitrogen and oxygen atoms in total. The molecule has 1 aliphatic rings. The molecule has 0 bridgehead atoms. The zero-order valence-electron chi connectivity index (χ0n) is 6.49. The third kappa shape index (κ3) is 1.23. The summed E-state index contributed by atoms with van der Waals surface area (Å²) in [5.41, 5.74) is 0. The fourth-order valence-electron chi connectivity index (χ4n) is 1.34. The Morgan fingerprint density at radius 1 is 1.64 bits per heavy atom. The second kappa shape index (κ2) is 2.58. The largest absolute Gasteiger partial charge is 0.316 e. The van der Waals surface area contributed by atoms with Crippen molar-refractivity contribution in [3.63, 3.8) is 0 Å². The lowest BCUT2D eigenvalue weighted by molar-refractivity contribution is 0.621. The molecular weight excluding hydrogens is 142 g/mol. The van der Waals surface area contributed by atoms with E-state index in [0.717, 1.165) is 25.3 Å². The monoisotopic (exact) mass is 153 g/mol. The summed E-state index contributed by atoms with van der Waals surface area (Å²) in [5.74, 6) is 1.35. The smallest absolute Gasteiger partial charge is 0.179 e. The molecule has 0 radical (unpaired) electrons. The Bertz CT molecular complexity index is 237. The highest BCUT2D eigenvalue weighted by atomic mass is 15.6. The first kappa shape index (κ1) is 6.72. The standard InChI is InChI=1S/C6H11N5/c1-11-9-6(8-10-11)5-2-3-7-4-5/h5,7H,2-4H2,1H3/t5-/m1/s1. The summed E-state index contributed by atoms with van der Waals surface area (Å²) < 4.78 is 0. The zero-order valence-corrected chi connectivity index (χ0v) is 6.49. The highest BCUT2D eigenvalue weighted by molar-refractivity contribution is 4.95. The van der Waals surface area contributed by atoms with Gasteiger partial charge in [-0.15, -0.1) is 10.2 Å². The first-order chi connectivity index (χ1) is 5.36. The van der Waals surface area contributed by atoms with E-state index >= 15 is 0 Å². The quantitative estimate of drug-likeness (QED) is 0.579. The minimum absolute atomic E-state index is 0.476. The van der Waals surface area contributed by atoms with Crippen LogP contribution in [0.5, 0.6) is 0 Å². The summed E-state index contributed by atoms with van der Waals surface area (Å²) in [6.45, 7) is 2.06. The average Bonchev–Trinajstić information content (AvgIpc) is 2.55. The first-order valence-electron chi connectivity index (χ1n) is 3.81. The van der Waals surface area contributed by atoms with Gasteiger partial charge >= 0.3 is 0 Å². The SMILES string of the molecule is Cn1nnc([C@@H]2CCNC2)n1. The van der Waals surface area contributed by atoms with Crippen LogP contribution in [0.2, 0.25) is 0 Å². The predicted octanol–water partition coefficient (Wildman–Crippen LogP) is -0.713. The van der Waals surface area contributed by atoms with Gasteiger partial charge in [0, 0.05) is 12.5 Å².